The van der Waals surface area contributed by atoms with Crippen LogP contribution in [-0.4, -0.2) is 31.8 Å². The van der Waals surface area contributed by atoms with Gasteiger partial charge in [-0.05, 0) is 42.0 Å². The Hall–Kier alpha value is -3.71. The molecule has 0 fully saturated rings. The molecule has 5 aromatic rings. The lowest BCUT2D eigenvalue weighted by atomic mass is 9.91. The van der Waals surface area contributed by atoms with E-state index in [4.69, 9.17) is 16.6 Å². The summed E-state index contributed by atoms with van der Waals surface area (Å²) in [7, 11) is 1.97. The average Bonchev–Trinajstić information content (AvgIpc) is 3.26. The highest BCUT2D eigenvalue weighted by Crippen LogP contribution is 2.33. The first-order valence-corrected chi connectivity index (χ1v) is 11.0. The Balaban J connectivity index is 1.60. The summed E-state index contributed by atoms with van der Waals surface area (Å²) in [5.74, 6) is 1.25. The number of nitrogens with zero attached hydrogens (tertiary/aromatic N) is 6. The molecule has 0 saturated carbocycles. The molecule has 2 aromatic carbocycles. The van der Waals surface area contributed by atoms with Crippen LogP contribution in [0.3, 0.4) is 0 Å². The molecule has 33 heavy (non-hydrogen) atoms. The van der Waals surface area contributed by atoms with E-state index in [1.807, 2.05) is 64.9 Å². The highest BCUT2D eigenvalue weighted by molar-refractivity contribution is 6.31. The molecule has 7 nitrogen and oxygen atoms in total. The van der Waals surface area contributed by atoms with Crippen LogP contribution in [0.1, 0.15) is 26.5 Å². The monoisotopic (exact) mass is 459 g/mol. The second kappa shape index (κ2) is 7.71. The summed E-state index contributed by atoms with van der Waals surface area (Å²) in [5.41, 5.74) is 4.41. The fourth-order valence-corrected chi connectivity index (χ4v) is 4.22. The maximum absolute atomic E-state index is 10.5. The van der Waals surface area contributed by atoms with Gasteiger partial charge < -0.3 is 4.90 Å². The van der Waals surface area contributed by atoms with E-state index < -0.39 is 0 Å². The van der Waals surface area contributed by atoms with E-state index >= 15 is 0 Å². The SMILES string of the molecule is CN(c1cccc(-c2ccc(C(C)(C)C)[n+](O)c2)c1)c1nc2nncn2c2cc(Cl)ccc12. The lowest BCUT2D eigenvalue weighted by Crippen LogP contribution is -2.40. The zero-order chi connectivity index (χ0) is 23.3. The molecular formula is C25H24ClN6O+. The Kier molecular flexibility index (Phi) is 4.94. The third-order valence-corrected chi connectivity index (χ3v) is 6.01. The molecule has 0 aliphatic carbocycles. The Morgan fingerprint density at radius 1 is 1.03 bits per heavy atom. The fraction of sp³-hybridized carbons (Fsp3) is 0.200. The van der Waals surface area contributed by atoms with Crippen molar-refractivity contribution in [2.45, 2.75) is 26.2 Å². The van der Waals surface area contributed by atoms with Gasteiger partial charge in [0, 0.05) is 33.9 Å². The standard InChI is InChI=1S/C25H24ClN6O/c1-25(2,3)22-11-8-17(14-32(22)33)16-6-5-7-19(12-16)30(4)23-20-10-9-18(26)13-21(20)31-15-27-29-24(31)28-23/h5-15,33H,1-4H3/q+1. The molecule has 5 rings (SSSR count). The summed E-state index contributed by atoms with van der Waals surface area (Å²) in [6.07, 6.45) is 3.38. The van der Waals surface area contributed by atoms with Crippen molar-refractivity contribution < 1.29 is 9.94 Å². The molecule has 0 aliphatic heterocycles. The average molecular weight is 460 g/mol. The van der Waals surface area contributed by atoms with Gasteiger partial charge in [0.25, 0.3) is 5.78 Å². The maximum atomic E-state index is 10.5. The van der Waals surface area contributed by atoms with E-state index in [0.29, 0.717) is 10.8 Å². The molecule has 0 spiro atoms. The van der Waals surface area contributed by atoms with Gasteiger partial charge in [0.2, 0.25) is 11.9 Å². The molecule has 0 amide bonds. The zero-order valence-corrected chi connectivity index (χ0v) is 19.6. The second-order valence-electron chi connectivity index (χ2n) is 9.10. The van der Waals surface area contributed by atoms with Crippen molar-refractivity contribution in [3.63, 3.8) is 0 Å². The lowest BCUT2D eigenvalue weighted by molar-refractivity contribution is -0.911. The van der Waals surface area contributed by atoms with Crippen LogP contribution >= 0.6 is 11.6 Å². The first-order chi connectivity index (χ1) is 15.7. The van der Waals surface area contributed by atoms with Gasteiger partial charge in [0.15, 0.2) is 0 Å². The smallest absolute Gasteiger partial charge is 0.257 e. The van der Waals surface area contributed by atoms with Crippen LogP contribution in [0.25, 0.3) is 27.8 Å². The molecule has 8 heteroatoms. The van der Waals surface area contributed by atoms with Crippen molar-refractivity contribution in [2.75, 3.05) is 11.9 Å². The van der Waals surface area contributed by atoms with Crippen LogP contribution < -0.4 is 9.63 Å². The number of halogens is 1. The highest BCUT2D eigenvalue weighted by Gasteiger charge is 2.26. The topological polar surface area (TPSA) is 70.4 Å². The molecule has 1 N–H and O–H groups in total. The summed E-state index contributed by atoms with van der Waals surface area (Å²) >= 11 is 6.26. The van der Waals surface area contributed by atoms with Gasteiger partial charge in [-0.2, -0.15) is 4.98 Å². The Morgan fingerprint density at radius 2 is 1.85 bits per heavy atom. The van der Waals surface area contributed by atoms with Crippen LogP contribution in [0.15, 0.2) is 67.1 Å². The number of benzene rings is 2. The van der Waals surface area contributed by atoms with Crippen LogP contribution in [-0.2, 0) is 5.41 Å². The minimum absolute atomic E-state index is 0.161. The van der Waals surface area contributed by atoms with E-state index in [1.165, 1.54) is 4.73 Å². The van der Waals surface area contributed by atoms with Gasteiger partial charge in [-0.25, -0.2) is 0 Å². The van der Waals surface area contributed by atoms with Crippen molar-refractivity contribution >= 4 is 39.8 Å². The summed E-state index contributed by atoms with van der Waals surface area (Å²) in [6, 6.07) is 17.8. The molecule has 166 valence electrons. The van der Waals surface area contributed by atoms with Gasteiger partial charge in [-0.3, -0.25) is 9.61 Å². The molecular weight excluding hydrogens is 436 g/mol. The van der Waals surface area contributed by atoms with Crippen molar-refractivity contribution in [3.05, 3.63) is 77.8 Å². The van der Waals surface area contributed by atoms with Gasteiger partial charge in [0.05, 0.1) is 16.5 Å². The van der Waals surface area contributed by atoms with E-state index in [2.05, 4.69) is 37.0 Å². The summed E-state index contributed by atoms with van der Waals surface area (Å²) in [4.78, 5) is 6.77. The Labute approximate surface area is 196 Å². The van der Waals surface area contributed by atoms with Crippen LogP contribution in [0.2, 0.25) is 5.02 Å². The second-order valence-corrected chi connectivity index (χ2v) is 9.54. The quantitative estimate of drug-likeness (QED) is 0.297. The highest BCUT2D eigenvalue weighted by atomic mass is 35.5. The predicted octanol–water partition coefficient (Wildman–Crippen LogP) is 5.19. The third-order valence-electron chi connectivity index (χ3n) is 5.78. The summed E-state index contributed by atoms with van der Waals surface area (Å²) < 4.78 is 3.04. The molecule has 0 aliphatic rings. The zero-order valence-electron chi connectivity index (χ0n) is 18.9. The summed E-state index contributed by atoms with van der Waals surface area (Å²) in [6.45, 7) is 6.21. The molecule has 0 saturated heterocycles. The van der Waals surface area contributed by atoms with E-state index in [-0.39, 0.29) is 5.41 Å². The first-order valence-electron chi connectivity index (χ1n) is 10.6. The largest absolute Gasteiger partial charge is 0.329 e. The van der Waals surface area contributed by atoms with Crippen molar-refractivity contribution in [1.29, 1.82) is 0 Å². The van der Waals surface area contributed by atoms with Crippen LogP contribution in [0.4, 0.5) is 11.5 Å². The van der Waals surface area contributed by atoms with E-state index in [0.717, 1.165) is 39.2 Å². The van der Waals surface area contributed by atoms with Gasteiger partial charge in [-0.15, -0.1) is 10.2 Å². The summed E-state index contributed by atoms with van der Waals surface area (Å²) in [5, 5.41) is 20.2. The lowest BCUT2D eigenvalue weighted by Gasteiger charge is -2.21. The minimum Gasteiger partial charge on any atom is -0.329 e. The van der Waals surface area contributed by atoms with E-state index in [1.54, 1.807) is 12.5 Å². The number of hydrogen-bond donors (Lipinski definition) is 1. The number of hydrogen-bond acceptors (Lipinski definition) is 5. The van der Waals surface area contributed by atoms with Crippen molar-refractivity contribution in [3.8, 4) is 11.1 Å². The first kappa shape index (κ1) is 21.2. The number of aromatic nitrogens is 5. The van der Waals surface area contributed by atoms with Gasteiger partial charge in [0.1, 0.15) is 12.1 Å². The number of rotatable bonds is 3. The molecule has 0 bridgehead atoms. The number of pyridine rings is 1. The van der Waals surface area contributed by atoms with E-state index in [9.17, 15) is 5.21 Å². The van der Waals surface area contributed by atoms with Crippen molar-refractivity contribution in [2.24, 2.45) is 0 Å². The minimum atomic E-state index is -0.161. The van der Waals surface area contributed by atoms with Gasteiger partial charge in [-0.1, -0.05) is 44.5 Å². The third kappa shape index (κ3) is 3.74. The Morgan fingerprint density at radius 3 is 2.61 bits per heavy atom. The predicted molar refractivity (Wildman–Crippen MR) is 129 cm³/mol. The molecule has 0 atom stereocenters. The normalized spacial score (nSPS) is 11.9. The van der Waals surface area contributed by atoms with Crippen LogP contribution in [0.5, 0.6) is 0 Å². The fourth-order valence-electron chi connectivity index (χ4n) is 4.05. The molecule has 3 heterocycles. The van der Waals surface area contributed by atoms with Gasteiger partial charge >= 0.3 is 0 Å². The number of fused-ring (bicyclic) bond motifs is 3. The molecule has 0 unspecified atom stereocenters. The van der Waals surface area contributed by atoms with Crippen molar-refractivity contribution in [1.82, 2.24) is 19.6 Å². The van der Waals surface area contributed by atoms with Crippen LogP contribution in [0, 0.1) is 0 Å². The molecule has 3 aromatic heterocycles. The Bertz CT molecular complexity index is 1500. The number of anilines is 2. The maximum Gasteiger partial charge on any atom is 0.257 e. The molecule has 0 radical (unpaired) electrons.